The molecule has 0 saturated heterocycles. The predicted octanol–water partition coefficient (Wildman–Crippen LogP) is 1.23. The Bertz CT molecular complexity index is 519. The number of aromatic nitrogens is 2. The van der Waals surface area contributed by atoms with Gasteiger partial charge in [0, 0.05) is 29.6 Å². The first-order chi connectivity index (χ1) is 8.16. The summed E-state index contributed by atoms with van der Waals surface area (Å²) < 4.78 is 0. The van der Waals surface area contributed by atoms with Crippen LogP contribution in [0.3, 0.4) is 0 Å². The standard InChI is InChI=1S/C12H14N4O/c1-8-2-3-10(13)4-11(8)12(17)14-5-9-6-15-16-7-9/h2-4,6-7H,5,13H2,1H3,(H,14,17)(H,15,16). The van der Waals surface area contributed by atoms with Crippen molar-refractivity contribution in [1.82, 2.24) is 15.5 Å². The van der Waals surface area contributed by atoms with Crippen LogP contribution in [0.2, 0.25) is 0 Å². The number of rotatable bonds is 3. The maximum atomic E-state index is 11.9. The molecule has 5 nitrogen and oxygen atoms in total. The molecule has 5 heteroatoms. The first-order valence-electron chi connectivity index (χ1n) is 5.29. The number of aryl methyl sites for hydroxylation is 1. The number of nitrogen functional groups attached to an aromatic ring is 1. The molecule has 0 aliphatic carbocycles. The Hall–Kier alpha value is -2.30. The Balaban J connectivity index is 2.07. The van der Waals surface area contributed by atoms with E-state index in [4.69, 9.17) is 5.73 Å². The van der Waals surface area contributed by atoms with Crippen molar-refractivity contribution in [3.63, 3.8) is 0 Å². The van der Waals surface area contributed by atoms with Crippen LogP contribution < -0.4 is 11.1 Å². The zero-order valence-electron chi connectivity index (χ0n) is 9.53. The van der Waals surface area contributed by atoms with Crippen molar-refractivity contribution in [3.05, 3.63) is 47.3 Å². The Morgan fingerprint density at radius 1 is 1.53 bits per heavy atom. The second-order valence-corrected chi connectivity index (χ2v) is 3.86. The molecule has 88 valence electrons. The molecule has 0 unspecified atom stereocenters. The lowest BCUT2D eigenvalue weighted by Gasteiger charge is -2.07. The fourth-order valence-corrected chi connectivity index (χ4v) is 1.54. The third kappa shape index (κ3) is 2.63. The van der Waals surface area contributed by atoms with Gasteiger partial charge in [-0.05, 0) is 24.6 Å². The summed E-state index contributed by atoms with van der Waals surface area (Å²) in [4.78, 5) is 11.9. The molecular weight excluding hydrogens is 216 g/mol. The minimum absolute atomic E-state index is 0.129. The number of aromatic amines is 1. The fourth-order valence-electron chi connectivity index (χ4n) is 1.54. The van der Waals surface area contributed by atoms with Crippen LogP contribution >= 0.6 is 0 Å². The summed E-state index contributed by atoms with van der Waals surface area (Å²) in [6.45, 7) is 2.33. The largest absolute Gasteiger partial charge is 0.399 e. The van der Waals surface area contributed by atoms with Crippen molar-refractivity contribution in [2.45, 2.75) is 13.5 Å². The lowest BCUT2D eigenvalue weighted by atomic mass is 10.1. The van der Waals surface area contributed by atoms with Gasteiger partial charge in [0.15, 0.2) is 0 Å². The third-order valence-corrected chi connectivity index (χ3v) is 2.51. The second-order valence-electron chi connectivity index (χ2n) is 3.86. The first-order valence-corrected chi connectivity index (χ1v) is 5.29. The quantitative estimate of drug-likeness (QED) is 0.693. The van der Waals surface area contributed by atoms with E-state index in [1.54, 1.807) is 24.5 Å². The molecule has 1 amide bonds. The van der Waals surface area contributed by atoms with E-state index in [1.165, 1.54) is 0 Å². The van der Waals surface area contributed by atoms with E-state index in [1.807, 2.05) is 13.0 Å². The van der Waals surface area contributed by atoms with Crippen LogP contribution in [0, 0.1) is 6.92 Å². The Morgan fingerprint density at radius 2 is 2.35 bits per heavy atom. The maximum absolute atomic E-state index is 11.9. The fraction of sp³-hybridized carbons (Fsp3) is 0.167. The Labute approximate surface area is 99.0 Å². The molecule has 0 spiro atoms. The van der Waals surface area contributed by atoms with Crippen LogP contribution in [0.1, 0.15) is 21.5 Å². The highest BCUT2D eigenvalue weighted by Gasteiger charge is 2.09. The van der Waals surface area contributed by atoms with E-state index < -0.39 is 0 Å². The van der Waals surface area contributed by atoms with Crippen molar-refractivity contribution in [2.75, 3.05) is 5.73 Å². The van der Waals surface area contributed by atoms with E-state index in [9.17, 15) is 4.79 Å². The minimum atomic E-state index is -0.129. The number of benzene rings is 1. The topological polar surface area (TPSA) is 83.8 Å². The number of carbonyl (C=O) groups is 1. The highest BCUT2D eigenvalue weighted by Crippen LogP contribution is 2.12. The van der Waals surface area contributed by atoms with E-state index in [-0.39, 0.29) is 5.91 Å². The monoisotopic (exact) mass is 230 g/mol. The van der Waals surface area contributed by atoms with Gasteiger partial charge in [0.25, 0.3) is 5.91 Å². The second kappa shape index (κ2) is 4.69. The first kappa shape index (κ1) is 11.2. The van der Waals surface area contributed by atoms with Crippen molar-refractivity contribution in [1.29, 1.82) is 0 Å². The van der Waals surface area contributed by atoms with Gasteiger partial charge in [-0.2, -0.15) is 5.10 Å². The maximum Gasteiger partial charge on any atom is 0.251 e. The van der Waals surface area contributed by atoms with E-state index in [2.05, 4.69) is 15.5 Å². The molecule has 0 radical (unpaired) electrons. The SMILES string of the molecule is Cc1ccc(N)cc1C(=O)NCc1cn[nH]c1. The summed E-state index contributed by atoms with van der Waals surface area (Å²) in [7, 11) is 0. The summed E-state index contributed by atoms with van der Waals surface area (Å²) >= 11 is 0. The third-order valence-electron chi connectivity index (χ3n) is 2.51. The molecule has 0 bridgehead atoms. The van der Waals surface area contributed by atoms with Gasteiger partial charge in [0.2, 0.25) is 0 Å². The van der Waals surface area contributed by atoms with Gasteiger partial charge in [0.05, 0.1) is 6.20 Å². The number of amides is 1. The zero-order valence-corrected chi connectivity index (χ0v) is 9.53. The number of nitrogens with one attached hydrogen (secondary N) is 2. The van der Waals surface area contributed by atoms with Crippen LogP contribution in [0.15, 0.2) is 30.6 Å². The zero-order chi connectivity index (χ0) is 12.3. The van der Waals surface area contributed by atoms with Crippen molar-refractivity contribution in [3.8, 4) is 0 Å². The van der Waals surface area contributed by atoms with E-state index in [0.717, 1.165) is 11.1 Å². The number of hydrogen-bond acceptors (Lipinski definition) is 3. The molecular formula is C12H14N4O. The van der Waals surface area contributed by atoms with Gasteiger partial charge in [-0.1, -0.05) is 6.07 Å². The molecule has 1 aromatic carbocycles. The smallest absolute Gasteiger partial charge is 0.251 e. The van der Waals surface area contributed by atoms with Crippen molar-refractivity contribution < 1.29 is 4.79 Å². The highest BCUT2D eigenvalue weighted by atomic mass is 16.1. The molecule has 0 aliphatic rings. The number of nitrogens with zero attached hydrogens (tertiary/aromatic N) is 1. The molecule has 0 fully saturated rings. The molecule has 0 aliphatic heterocycles. The number of carbonyl (C=O) groups excluding carboxylic acids is 1. The Kier molecular flexibility index (Phi) is 3.09. The average Bonchev–Trinajstić information content (AvgIpc) is 2.82. The molecule has 0 atom stereocenters. The number of H-pyrrole nitrogens is 1. The van der Waals surface area contributed by atoms with Gasteiger partial charge in [-0.15, -0.1) is 0 Å². The number of hydrogen-bond donors (Lipinski definition) is 3. The van der Waals surface area contributed by atoms with Crippen molar-refractivity contribution >= 4 is 11.6 Å². The lowest BCUT2D eigenvalue weighted by Crippen LogP contribution is -2.23. The summed E-state index contributed by atoms with van der Waals surface area (Å²) in [5, 5.41) is 9.32. The Morgan fingerprint density at radius 3 is 3.06 bits per heavy atom. The van der Waals surface area contributed by atoms with Gasteiger partial charge < -0.3 is 11.1 Å². The van der Waals surface area contributed by atoms with Crippen LogP contribution in [-0.2, 0) is 6.54 Å². The van der Waals surface area contributed by atoms with Gasteiger partial charge in [0.1, 0.15) is 0 Å². The summed E-state index contributed by atoms with van der Waals surface area (Å²) in [6.07, 6.45) is 3.42. The molecule has 1 heterocycles. The summed E-state index contributed by atoms with van der Waals surface area (Å²) in [6, 6.07) is 5.30. The van der Waals surface area contributed by atoms with Crippen LogP contribution in [0.4, 0.5) is 5.69 Å². The van der Waals surface area contributed by atoms with Crippen LogP contribution in [0.5, 0.6) is 0 Å². The van der Waals surface area contributed by atoms with Gasteiger partial charge >= 0.3 is 0 Å². The van der Waals surface area contributed by atoms with E-state index in [0.29, 0.717) is 17.8 Å². The average molecular weight is 230 g/mol. The minimum Gasteiger partial charge on any atom is -0.399 e. The van der Waals surface area contributed by atoms with Crippen molar-refractivity contribution in [2.24, 2.45) is 0 Å². The van der Waals surface area contributed by atoms with Gasteiger partial charge in [-0.25, -0.2) is 0 Å². The molecule has 2 rings (SSSR count). The molecule has 4 N–H and O–H groups in total. The van der Waals surface area contributed by atoms with Crippen LogP contribution in [0.25, 0.3) is 0 Å². The summed E-state index contributed by atoms with van der Waals surface area (Å²) in [5.74, 6) is -0.129. The normalized spacial score (nSPS) is 10.2. The van der Waals surface area contributed by atoms with Crippen LogP contribution in [-0.4, -0.2) is 16.1 Å². The van der Waals surface area contributed by atoms with Gasteiger partial charge in [-0.3, -0.25) is 9.89 Å². The molecule has 1 aromatic heterocycles. The molecule has 2 aromatic rings. The number of nitrogens with two attached hydrogens (primary N) is 1. The molecule has 0 saturated carbocycles. The van der Waals surface area contributed by atoms with E-state index >= 15 is 0 Å². The highest BCUT2D eigenvalue weighted by molar-refractivity contribution is 5.96. The number of anilines is 1. The lowest BCUT2D eigenvalue weighted by molar-refractivity contribution is 0.0950. The predicted molar refractivity (Wildman–Crippen MR) is 65.3 cm³/mol. The summed E-state index contributed by atoms with van der Waals surface area (Å²) in [5.41, 5.74) is 8.69. The molecule has 17 heavy (non-hydrogen) atoms.